The predicted octanol–water partition coefficient (Wildman–Crippen LogP) is 2.60. The summed E-state index contributed by atoms with van der Waals surface area (Å²) in [5.74, 6) is 0.608. The highest BCUT2D eigenvalue weighted by Crippen LogP contribution is 2.13. The van der Waals surface area contributed by atoms with Crippen molar-refractivity contribution in [3.05, 3.63) is 30.3 Å². The number of amides is 1. The molecule has 0 spiro atoms. The van der Waals surface area contributed by atoms with E-state index in [0.717, 1.165) is 32.6 Å². The van der Waals surface area contributed by atoms with Crippen molar-refractivity contribution < 1.29 is 9.53 Å². The average molecular weight is 262 g/mol. The van der Waals surface area contributed by atoms with E-state index in [2.05, 4.69) is 18.7 Å². The molecule has 0 aromatic heterocycles. The van der Waals surface area contributed by atoms with Crippen LogP contribution in [0.5, 0.6) is 5.75 Å². The van der Waals surface area contributed by atoms with Crippen LogP contribution in [0.3, 0.4) is 0 Å². The van der Waals surface area contributed by atoms with Gasteiger partial charge in [0.15, 0.2) is 0 Å². The number of para-hydroxylation sites is 1. The molecule has 1 heterocycles. The first-order valence-electron chi connectivity index (χ1n) is 6.96. The minimum atomic E-state index is -0.241. The molecule has 2 rings (SSSR count). The van der Waals surface area contributed by atoms with Crippen LogP contribution in [0.4, 0.5) is 4.79 Å². The molecule has 1 unspecified atom stereocenters. The molecule has 0 aliphatic carbocycles. The summed E-state index contributed by atoms with van der Waals surface area (Å²) in [6.45, 7) is 7.78. The molecule has 1 aliphatic heterocycles. The summed E-state index contributed by atoms with van der Waals surface area (Å²) < 4.78 is 5.34. The molecule has 0 bridgehead atoms. The Morgan fingerprint density at radius 1 is 1.21 bits per heavy atom. The van der Waals surface area contributed by atoms with Crippen molar-refractivity contribution in [2.45, 2.75) is 26.3 Å². The number of ether oxygens (including phenoxy) is 1. The average Bonchev–Trinajstić information content (AvgIpc) is 2.47. The fourth-order valence-corrected chi connectivity index (χ4v) is 2.26. The molecule has 1 atom stereocenters. The lowest BCUT2D eigenvalue weighted by Crippen LogP contribution is -2.51. The first-order valence-corrected chi connectivity index (χ1v) is 6.96. The molecule has 1 aromatic carbocycles. The summed E-state index contributed by atoms with van der Waals surface area (Å²) >= 11 is 0. The number of carbonyl (C=O) groups is 1. The molecular weight excluding hydrogens is 240 g/mol. The monoisotopic (exact) mass is 262 g/mol. The Balaban J connectivity index is 1.83. The van der Waals surface area contributed by atoms with Crippen LogP contribution in [0.1, 0.15) is 20.3 Å². The van der Waals surface area contributed by atoms with E-state index in [9.17, 15) is 4.79 Å². The second kappa shape index (κ2) is 6.57. The summed E-state index contributed by atoms with van der Waals surface area (Å²) in [4.78, 5) is 16.2. The molecule has 4 nitrogen and oxygen atoms in total. The van der Waals surface area contributed by atoms with Crippen LogP contribution in [-0.2, 0) is 0 Å². The van der Waals surface area contributed by atoms with E-state index in [1.54, 1.807) is 17.0 Å². The molecule has 19 heavy (non-hydrogen) atoms. The van der Waals surface area contributed by atoms with Crippen molar-refractivity contribution in [2.75, 3.05) is 26.2 Å². The molecular formula is C15H22N2O2. The normalized spacial score (nSPS) is 18.1. The molecule has 1 aromatic rings. The van der Waals surface area contributed by atoms with Crippen LogP contribution in [0, 0.1) is 0 Å². The Morgan fingerprint density at radius 3 is 2.42 bits per heavy atom. The maximum Gasteiger partial charge on any atom is 0.415 e. The van der Waals surface area contributed by atoms with E-state index in [-0.39, 0.29) is 6.09 Å². The van der Waals surface area contributed by atoms with Crippen molar-refractivity contribution in [1.82, 2.24) is 9.80 Å². The zero-order chi connectivity index (χ0) is 13.7. The Labute approximate surface area is 115 Å². The van der Waals surface area contributed by atoms with E-state index in [0.29, 0.717) is 11.8 Å². The van der Waals surface area contributed by atoms with Gasteiger partial charge in [0.1, 0.15) is 5.75 Å². The highest BCUT2D eigenvalue weighted by atomic mass is 16.6. The topological polar surface area (TPSA) is 32.8 Å². The summed E-state index contributed by atoms with van der Waals surface area (Å²) in [7, 11) is 0. The van der Waals surface area contributed by atoms with Crippen LogP contribution in [-0.4, -0.2) is 48.1 Å². The van der Waals surface area contributed by atoms with Gasteiger partial charge in [-0.15, -0.1) is 0 Å². The quantitative estimate of drug-likeness (QED) is 0.839. The number of hydrogen-bond acceptors (Lipinski definition) is 3. The van der Waals surface area contributed by atoms with Gasteiger partial charge in [-0.2, -0.15) is 0 Å². The van der Waals surface area contributed by atoms with Crippen LogP contribution in [0.25, 0.3) is 0 Å². The summed E-state index contributed by atoms with van der Waals surface area (Å²) in [5, 5.41) is 0. The van der Waals surface area contributed by atoms with Crippen LogP contribution >= 0.6 is 0 Å². The van der Waals surface area contributed by atoms with Gasteiger partial charge in [-0.1, -0.05) is 25.1 Å². The molecule has 1 saturated heterocycles. The van der Waals surface area contributed by atoms with Gasteiger partial charge < -0.3 is 9.64 Å². The van der Waals surface area contributed by atoms with Gasteiger partial charge >= 0.3 is 6.09 Å². The van der Waals surface area contributed by atoms with E-state index in [1.807, 2.05) is 18.2 Å². The lowest BCUT2D eigenvalue weighted by molar-refractivity contribution is 0.0919. The summed E-state index contributed by atoms with van der Waals surface area (Å²) in [5.41, 5.74) is 0. The smallest absolute Gasteiger partial charge is 0.410 e. The van der Waals surface area contributed by atoms with Crippen LogP contribution < -0.4 is 4.74 Å². The van der Waals surface area contributed by atoms with E-state index in [4.69, 9.17) is 4.74 Å². The van der Waals surface area contributed by atoms with E-state index in [1.165, 1.54) is 0 Å². The predicted molar refractivity (Wildman–Crippen MR) is 75.4 cm³/mol. The lowest BCUT2D eigenvalue weighted by Gasteiger charge is -2.37. The lowest BCUT2D eigenvalue weighted by atomic mass is 10.2. The Hall–Kier alpha value is -1.55. The standard InChI is InChI=1S/C15H22N2O2/c1-3-13(2)16-9-11-17(12-10-16)15(18)19-14-7-5-4-6-8-14/h4-8,13H,3,9-12H2,1-2H3. The van der Waals surface area contributed by atoms with Gasteiger partial charge in [0.05, 0.1) is 0 Å². The molecule has 104 valence electrons. The summed E-state index contributed by atoms with van der Waals surface area (Å²) in [6, 6.07) is 9.82. The Bertz CT molecular complexity index is 400. The number of hydrogen-bond donors (Lipinski definition) is 0. The third-order valence-corrected chi connectivity index (χ3v) is 3.73. The van der Waals surface area contributed by atoms with Crippen LogP contribution in [0.2, 0.25) is 0 Å². The Kier molecular flexibility index (Phi) is 4.80. The maximum atomic E-state index is 12.0. The number of benzene rings is 1. The molecule has 4 heteroatoms. The van der Waals surface area contributed by atoms with Gasteiger partial charge in [-0.25, -0.2) is 4.79 Å². The largest absolute Gasteiger partial charge is 0.415 e. The fourth-order valence-electron chi connectivity index (χ4n) is 2.26. The SMILES string of the molecule is CCC(C)N1CCN(C(=O)Oc2ccccc2)CC1. The first-order chi connectivity index (χ1) is 9.20. The molecule has 1 aliphatic rings. The summed E-state index contributed by atoms with van der Waals surface area (Å²) in [6.07, 6.45) is 0.907. The van der Waals surface area contributed by atoms with Gasteiger partial charge in [-0.05, 0) is 25.5 Å². The van der Waals surface area contributed by atoms with Crippen LogP contribution in [0.15, 0.2) is 30.3 Å². The van der Waals surface area contributed by atoms with Crippen molar-refractivity contribution in [3.63, 3.8) is 0 Å². The third kappa shape index (κ3) is 3.70. The van der Waals surface area contributed by atoms with Gasteiger partial charge in [0.2, 0.25) is 0 Å². The van der Waals surface area contributed by atoms with Crippen molar-refractivity contribution >= 4 is 6.09 Å². The minimum absolute atomic E-state index is 0.241. The zero-order valence-corrected chi connectivity index (χ0v) is 11.7. The highest BCUT2D eigenvalue weighted by Gasteiger charge is 2.24. The fraction of sp³-hybridized carbons (Fsp3) is 0.533. The van der Waals surface area contributed by atoms with Crippen molar-refractivity contribution in [2.24, 2.45) is 0 Å². The van der Waals surface area contributed by atoms with E-state index >= 15 is 0 Å². The maximum absolute atomic E-state index is 12.0. The van der Waals surface area contributed by atoms with E-state index < -0.39 is 0 Å². The highest BCUT2D eigenvalue weighted by molar-refractivity contribution is 5.70. The number of rotatable bonds is 3. The number of piperazine rings is 1. The van der Waals surface area contributed by atoms with Gasteiger partial charge in [0.25, 0.3) is 0 Å². The molecule has 0 saturated carbocycles. The van der Waals surface area contributed by atoms with Crippen molar-refractivity contribution in [3.8, 4) is 5.75 Å². The minimum Gasteiger partial charge on any atom is -0.410 e. The molecule has 1 fully saturated rings. The third-order valence-electron chi connectivity index (χ3n) is 3.73. The second-order valence-corrected chi connectivity index (χ2v) is 4.96. The number of carbonyl (C=O) groups excluding carboxylic acids is 1. The van der Waals surface area contributed by atoms with Crippen molar-refractivity contribution in [1.29, 1.82) is 0 Å². The molecule has 1 amide bonds. The Morgan fingerprint density at radius 2 is 1.84 bits per heavy atom. The first kappa shape index (κ1) is 13.9. The van der Waals surface area contributed by atoms with Gasteiger partial charge in [0, 0.05) is 32.2 Å². The molecule has 0 radical (unpaired) electrons. The second-order valence-electron chi connectivity index (χ2n) is 4.96. The number of nitrogens with zero attached hydrogens (tertiary/aromatic N) is 2. The molecule has 0 N–H and O–H groups in total. The zero-order valence-electron chi connectivity index (χ0n) is 11.7. The van der Waals surface area contributed by atoms with Gasteiger partial charge in [-0.3, -0.25) is 4.90 Å².